The second kappa shape index (κ2) is 39.3. The van der Waals surface area contributed by atoms with Crippen LogP contribution in [0.1, 0.15) is 66.8 Å². The lowest BCUT2D eigenvalue weighted by atomic mass is 10.0. The van der Waals surface area contributed by atoms with E-state index in [2.05, 4.69) is 0 Å². The minimum Gasteiger partial charge on any atom is -0.489 e. The summed E-state index contributed by atoms with van der Waals surface area (Å²) in [5.74, 6) is 4.48. The molecule has 530 valence electrons. The molecule has 0 aliphatic heterocycles. The van der Waals surface area contributed by atoms with E-state index >= 15 is 0 Å². The van der Waals surface area contributed by atoms with E-state index in [9.17, 15) is 10.2 Å². The summed E-state index contributed by atoms with van der Waals surface area (Å²) in [6, 6.07) is 102. The van der Waals surface area contributed by atoms with Gasteiger partial charge in [-0.05, 0) is 115 Å². The third-order valence-electron chi connectivity index (χ3n) is 16.9. The van der Waals surface area contributed by atoms with Gasteiger partial charge in [0, 0.05) is 24.3 Å². The van der Waals surface area contributed by atoms with Crippen molar-refractivity contribution in [2.45, 2.75) is 104 Å². The Kier molecular flexibility index (Phi) is 27.4. The van der Waals surface area contributed by atoms with Gasteiger partial charge in [-0.15, -0.1) is 0 Å². The van der Waals surface area contributed by atoms with Crippen LogP contribution in [0.4, 0.5) is 0 Å². The second-order valence-corrected chi connectivity index (χ2v) is 25.2. The largest absolute Gasteiger partial charge is 0.489 e. The summed E-state index contributed by atoms with van der Waals surface area (Å²) >= 11 is 0. The van der Waals surface area contributed by atoms with Gasteiger partial charge < -0.3 is 67.1 Å². The first kappa shape index (κ1) is 72.6. The highest BCUT2D eigenvalue weighted by Gasteiger charge is 2.35. The third-order valence-corrected chi connectivity index (χ3v) is 16.9. The van der Waals surface area contributed by atoms with Gasteiger partial charge in [-0.2, -0.15) is 0 Å². The molecule has 4 atom stereocenters. The summed E-state index contributed by atoms with van der Waals surface area (Å²) < 4.78 is 78.2. The van der Waals surface area contributed by atoms with Crippen molar-refractivity contribution in [3.8, 4) is 46.0 Å². The fraction of sp³-hybridized carbons (Fsp3) is 0.200. The SMILES string of the molecule is O[C@@H]([C@H](O)[C@@H](COCc1cc(OCc2ccccc2)cc(OCc2ccccc2)c1)OCc1cc(OCc2ccccc2)cc(OCc2ccccc2)c1)[C@@H](COCc1cc(OCc2ccccc2)cc(OCc2ccccc2)c1)OCc1cc(OCc2ccccc2)cc(OCc2ccccc2)c1. The number of hydrogen-bond acceptors (Lipinski definition) is 14. The lowest BCUT2D eigenvalue weighted by molar-refractivity contribution is -0.170. The molecule has 0 fully saturated rings. The molecule has 0 aromatic heterocycles. The molecule has 14 heteroatoms. The molecule has 0 bridgehead atoms. The predicted molar refractivity (Wildman–Crippen MR) is 400 cm³/mol. The standard InChI is InChI=1S/C90H86O14/c91-89(87(103-63-77-45-83(99-59-71-33-17-5-18-34-71)51-84(46-77)100-60-72-35-19-6-20-36-72)65-93-53-75-41-79(95-55-67-25-9-1-10-26-67)49-80(42-75)96-56-68-27-11-2-12-28-68)90(92)88(104-64-78-47-85(101-61-73-37-21-7-22-38-73)52-86(48-78)102-62-74-39-23-8-24-40-74)66-94-54-76-43-81(97-57-69-29-13-3-14-30-69)50-82(44-76)98-58-70-31-15-4-16-32-70/h1-52,87-92H,53-66H2/t87-,88-,89-,90-/m1/s1. The summed E-state index contributed by atoms with van der Waals surface area (Å²) in [7, 11) is 0. The normalized spacial score (nSPS) is 12.3. The van der Waals surface area contributed by atoms with Crippen LogP contribution < -0.4 is 37.9 Å². The second-order valence-electron chi connectivity index (χ2n) is 25.2. The molecule has 0 aliphatic rings. The van der Waals surface area contributed by atoms with Crippen molar-refractivity contribution in [3.63, 3.8) is 0 Å². The molecule has 0 saturated heterocycles. The topological polar surface area (TPSA) is 151 Å². The Balaban J connectivity index is 0.846. The van der Waals surface area contributed by atoms with Crippen molar-refractivity contribution in [2.75, 3.05) is 13.2 Å². The highest BCUT2D eigenvalue weighted by molar-refractivity contribution is 5.42. The highest BCUT2D eigenvalue weighted by Crippen LogP contribution is 2.32. The van der Waals surface area contributed by atoms with E-state index in [4.69, 9.17) is 56.8 Å². The number of rotatable bonds is 41. The zero-order valence-corrected chi connectivity index (χ0v) is 58.0. The molecule has 0 unspecified atom stereocenters. The van der Waals surface area contributed by atoms with Crippen LogP contribution in [0.25, 0.3) is 0 Å². The van der Waals surface area contributed by atoms with Gasteiger partial charge in [-0.25, -0.2) is 0 Å². The van der Waals surface area contributed by atoms with Crippen molar-refractivity contribution >= 4 is 0 Å². The van der Waals surface area contributed by atoms with Gasteiger partial charge in [0.1, 0.15) is 123 Å². The van der Waals surface area contributed by atoms with Crippen LogP contribution in [-0.4, -0.2) is 47.8 Å². The molecular weight excluding hydrogens is 1300 g/mol. The molecule has 12 aromatic rings. The van der Waals surface area contributed by atoms with Gasteiger partial charge in [0.2, 0.25) is 0 Å². The summed E-state index contributed by atoms with van der Waals surface area (Å²) in [5, 5.41) is 26.0. The molecule has 104 heavy (non-hydrogen) atoms. The molecule has 0 heterocycles. The summed E-state index contributed by atoms with van der Waals surface area (Å²) in [6.45, 7) is 2.04. The average Bonchev–Trinajstić information content (AvgIpc) is 0.896. The van der Waals surface area contributed by atoms with Gasteiger partial charge in [0.05, 0.1) is 39.6 Å². The maximum atomic E-state index is 13.0. The quantitative estimate of drug-likeness (QED) is 0.0374. The minimum absolute atomic E-state index is 0.0404. The van der Waals surface area contributed by atoms with Gasteiger partial charge in [-0.1, -0.05) is 243 Å². The number of ether oxygens (including phenoxy) is 12. The highest BCUT2D eigenvalue weighted by atomic mass is 16.6. The summed E-state index contributed by atoms with van der Waals surface area (Å²) in [4.78, 5) is 0. The fourth-order valence-corrected chi connectivity index (χ4v) is 11.4. The van der Waals surface area contributed by atoms with Crippen LogP contribution in [0.5, 0.6) is 46.0 Å². The van der Waals surface area contributed by atoms with E-state index in [1.165, 1.54) is 0 Å². The zero-order valence-electron chi connectivity index (χ0n) is 58.0. The van der Waals surface area contributed by atoms with E-state index < -0.39 is 24.4 Å². The molecule has 12 aromatic carbocycles. The number of hydrogen-bond donors (Lipinski definition) is 2. The summed E-state index contributed by atoms with van der Waals surface area (Å²) in [6.07, 6.45) is -5.70. The Labute approximate surface area is 609 Å². The Bertz CT molecular complexity index is 3910. The van der Waals surface area contributed by atoms with E-state index in [1.54, 1.807) is 0 Å². The van der Waals surface area contributed by atoms with Crippen molar-refractivity contribution in [3.05, 3.63) is 382 Å². The van der Waals surface area contributed by atoms with E-state index in [0.29, 0.717) is 110 Å². The summed E-state index contributed by atoms with van der Waals surface area (Å²) in [5.41, 5.74) is 10.8. The molecule has 0 aliphatic carbocycles. The lowest BCUT2D eigenvalue weighted by Gasteiger charge is -2.32. The van der Waals surface area contributed by atoms with Crippen LogP contribution in [0.2, 0.25) is 0 Å². The van der Waals surface area contributed by atoms with Crippen molar-refractivity contribution in [1.82, 2.24) is 0 Å². The van der Waals surface area contributed by atoms with Gasteiger partial charge >= 0.3 is 0 Å². The molecule has 0 amide bonds. The predicted octanol–water partition coefficient (Wildman–Crippen LogP) is 17.9. The average molecular weight is 1390 g/mol. The number of aliphatic hydroxyl groups excluding tert-OH is 2. The van der Waals surface area contributed by atoms with Gasteiger partial charge in [0.25, 0.3) is 0 Å². The molecule has 14 nitrogen and oxygen atoms in total. The fourth-order valence-electron chi connectivity index (χ4n) is 11.4. The number of aliphatic hydroxyl groups is 2. The van der Waals surface area contributed by atoms with Gasteiger partial charge in [0.15, 0.2) is 0 Å². The maximum Gasteiger partial charge on any atom is 0.123 e. The molecular formula is C90H86O14. The first-order valence-electron chi connectivity index (χ1n) is 34.9. The first-order valence-corrected chi connectivity index (χ1v) is 34.9. The van der Waals surface area contributed by atoms with Crippen LogP contribution >= 0.6 is 0 Å². The van der Waals surface area contributed by atoms with Crippen LogP contribution in [-0.2, 0) is 98.2 Å². The Morgan fingerprint density at radius 2 is 0.346 bits per heavy atom. The Morgan fingerprint density at radius 1 is 0.183 bits per heavy atom. The molecule has 12 rings (SSSR count). The van der Waals surface area contributed by atoms with Crippen LogP contribution in [0.15, 0.2) is 315 Å². The number of benzene rings is 12. The monoisotopic (exact) mass is 1390 g/mol. The Morgan fingerprint density at radius 3 is 0.519 bits per heavy atom. The van der Waals surface area contributed by atoms with E-state index in [0.717, 1.165) is 55.6 Å². The zero-order chi connectivity index (χ0) is 71.0. The first-order chi connectivity index (χ1) is 51.3. The smallest absolute Gasteiger partial charge is 0.123 e. The Hall–Kier alpha value is -11.2. The molecule has 0 saturated carbocycles. The van der Waals surface area contributed by atoms with E-state index in [-0.39, 0.29) is 39.6 Å². The van der Waals surface area contributed by atoms with Crippen molar-refractivity contribution < 1.29 is 67.1 Å². The van der Waals surface area contributed by atoms with Crippen molar-refractivity contribution in [1.29, 1.82) is 0 Å². The molecule has 0 spiro atoms. The van der Waals surface area contributed by atoms with Crippen LogP contribution in [0.3, 0.4) is 0 Å². The van der Waals surface area contributed by atoms with Gasteiger partial charge in [-0.3, -0.25) is 0 Å². The van der Waals surface area contributed by atoms with Crippen molar-refractivity contribution in [2.24, 2.45) is 0 Å². The third kappa shape index (κ3) is 24.0. The van der Waals surface area contributed by atoms with E-state index in [1.807, 2.05) is 315 Å². The lowest BCUT2D eigenvalue weighted by Crippen LogP contribution is -2.49. The minimum atomic E-state index is -1.65. The van der Waals surface area contributed by atoms with Crippen LogP contribution in [0, 0.1) is 0 Å². The molecule has 2 N–H and O–H groups in total. The maximum absolute atomic E-state index is 13.0. The molecule has 0 radical (unpaired) electrons.